The van der Waals surface area contributed by atoms with E-state index in [1.807, 2.05) is 24.4 Å². The normalized spacial score (nSPS) is 21.4. The third-order valence-electron chi connectivity index (χ3n) is 7.24. The van der Waals surface area contributed by atoms with Crippen LogP contribution in [-0.4, -0.2) is 70.5 Å². The zero-order chi connectivity index (χ0) is 25.2. The Hall–Kier alpha value is -3.66. The summed E-state index contributed by atoms with van der Waals surface area (Å²) < 4.78 is 7.35. The number of anilines is 1. The minimum atomic E-state index is -1.02. The Morgan fingerprint density at radius 1 is 1.22 bits per heavy atom. The molecule has 0 radical (unpaired) electrons. The van der Waals surface area contributed by atoms with Crippen LogP contribution >= 0.6 is 0 Å². The van der Waals surface area contributed by atoms with E-state index in [4.69, 9.17) is 9.72 Å². The van der Waals surface area contributed by atoms with Gasteiger partial charge < -0.3 is 29.9 Å². The molecule has 0 unspecified atom stereocenters. The maximum absolute atomic E-state index is 12.9. The summed E-state index contributed by atoms with van der Waals surface area (Å²) in [6.07, 6.45) is 4.93. The second kappa shape index (κ2) is 10.1. The van der Waals surface area contributed by atoms with Crippen molar-refractivity contribution < 1.29 is 19.4 Å². The van der Waals surface area contributed by atoms with Crippen molar-refractivity contribution in [2.24, 2.45) is 5.92 Å². The first-order chi connectivity index (χ1) is 17.4. The van der Waals surface area contributed by atoms with Crippen molar-refractivity contribution in [2.75, 3.05) is 31.7 Å². The standard InChI is InChI=1S/C26H32N6O4/c1-3-31-9-8-17-10-18(12-27-24(17)31)25(33)28-20-5-6-21-16(11-20)4-7-23(29-21)32-13-19(15-36-2)22(14-32)30-26(34)35/h4,7-10,12,19-20,22,30H,3,5-6,11,13-15H2,1-2H3,(H,28,33)(H,34,35)/t19-,20-,22-/m0/s1. The molecule has 5 rings (SSSR count). The number of nitrogens with zero attached hydrogens (tertiary/aromatic N) is 4. The molecule has 3 N–H and O–H groups in total. The van der Waals surface area contributed by atoms with Gasteiger partial charge in [-0.05, 0) is 49.9 Å². The van der Waals surface area contributed by atoms with E-state index in [-0.39, 0.29) is 23.9 Å². The number of hydrogen-bond acceptors (Lipinski definition) is 6. The van der Waals surface area contributed by atoms with Crippen LogP contribution in [0.15, 0.2) is 36.7 Å². The van der Waals surface area contributed by atoms with Crippen LogP contribution in [0.4, 0.5) is 10.6 Å². The Kier molecular flexibility index (Phi) is 6.77. The molecule has 0 bridgehead atoms. The zero-order valence-corrected chi connectivity index (χ0v) is 20.6. The van der Waals surface area contributed by atoms with Crippen LogP contribution in [0.1, 0.15) is 35.0 Å². The van der Waals surface area contributed by atoms with Crippen LogP contribution in [0, 0.1) is 5.92 Å². The van der Waals surface area contributed by atoms with Gasteiger partial charge in [0.05, 0.1) is 18.2 Å². The lowest BCUT2D eigenvalue weighted by atomic mass is 9.91. The number of carbonyl (C=O) groups is 2. The third-order valence-corrected chi connectivity index (χ3v) is 7.24. The Bertz CT molecular complexity index is 1270. The van der Waals surface area contributed by atoms with Gasteiger partial charge in [0.15, 0.2) is 0 Å². The molecular weight excluding hydrogens is 460 g/mol. The number of nitrogens with one attached hydrogen (secondary N) is 2. The van der Waals surface area contributed by atoms with Gasteiger partial charge in [0.25, 0.3) is 5.91 Å². The van der Waals surface area contributed by atoms with Crippen LogP contribution in [0.5, 0.6) is 0 Å². The van der Waals surface area contributed by atoms with E-state index in [0.29, 0.717) is 25.3 Å². The third kappa shape index (κ3) is 4.86. The summed E-state index contributed by atoms with van der Waals surface area (Å²) in [6, 6.07) is 7.80. The van der Waals surface area contributed by atoms with Crippen LogP contribution in [-0.2, 0) is 24.1 Å². The molecule has 36 heavy (non-hydrogen) atoms. The smallest absolute Gasteiger partial charge is 0.404 e. The van der Waals surface area contributed by atoms with Crippen molar-refractivity contribution in [1.29, 1.82) is 0 Å². The molecule has 3 aromatic rings. The van der Waals surface area contributed by atoms with E-state index in [1.54, 1.807) is 13.3 Å². The molecule has 2 amide bonds. The Balaban J connectivity index is 1.23. The molecule has 1 aliphatic carbocycles. The van der Waals surface area contributed by atoms with Crippen molar-refractivity contribution in [3.8, 4) is 0 Å². The molecule has 190 valence electrons. The fraction of sp³-hybridized carbons (Fsp3) is 0.462. The molecule has 0 aromatic carbocycles. The molecule has 10 heteroatoms. The summed E-state index contributed by atoms with van der Waals surface area (Å²) in [5.41, 5.74) is 3.63. The number of ether oxygens (including phenoxy) is 1. The van der Waals surface area contributed by atoms with E-state index in [2.05, 4.69) is 38.1 Å². The number of aromatic nitrogens is 3. The van der Waals surface area contributed by atoms with E-state index in [0.717, 1.165) is 53.9 Å². The summed E-state index contributed by atoms with van der Waals surface area (Å²) in [6.45, 7) is 4.64. The summed E-state index contributed by atoms with van der Waals surface area (Å²) >= 11 is 0. The van der Waals surface area contributed by atoms with Gasteiger partial charge in [-0.15, -0.1) is 0 Å². The van der Waals surface area contributed by atoms with Crippen molar-refractivity contribution in [2.45, 2.75) is 44.8 Å². The van der Waals surface area contributed by atoms with Gasteiger partial charge in [0.2, 0.25) is 0 Å². The van der Waals surface area contributed by atoms with Gasteiger partial charge in [0.1, 0.15) is 11.5 Å². The molecule has 3 aromatic heterocycles. The van der Waals surface area contributed by atoms with Gasteiger partial charge in [-0.3, -0.25) is 4.79 Å². The van der Waals surface area contributed by atoms with Crippen molar-refractivity contribution >= 4 is 28.9 Å². The lowest BCUT2D eigenvalue weighted by Crippen LogP contribution is -2.41. The fourth-order valence-electron chi connectivity index (χ4n) is 5.39. The first-order valence-corrected chi connectivity index (χ1v) is 12.4. The average Bonchev–Trinajstić information content (AvgIpc) is 3.47. The monoisotopic (exact) mass is 492 g/mol. The highest BCUT2D eigenvalue weighted by Gasteiger charge is 2.35. The predicted octanol–water partition coefficient (Wildman–Crippen LogP) is 2.46. The number of carboxylic acid groups (broad SMARTS) is 1. The molecular formula is C26H32N6O4. The summed E-state index contributed by atoms with van der Waals surface area (Å²) in [5.74, 6) is 0.813. The molecule has 2 aliphatic rings. The fourth-order valence-corrected chi connectivity index (χ4v) is 5.39. The Morgan fingerprint density at radius 2 is 2.08 bits per heavy atom. The highest BCUT2D eigenvalue weighted by atomic mass is 16.5. The quantitative estimate of drug-likeness (QED) is 0.463. The molecule has 1 aliphatic heterocycles. The highest BCUT2D eigenvalue weighted by Crippen LogP contribution is 2.27. The van der Waals surface area contributed by atoms with Crippen molar-refractivity contribution in [1.82, 2.24) is 25.2 Å². The van der Waals surface area contributed by atoms with Crippen LogP contribution in [0.25, 0.3) is 11.0 Å². The van der Waals surface area contributed by atoms with E-state index in [9.17, 15) is 14.7 Å². The second-order valence-electron chi connectivity index (χ2n) is 9.60. The minimum Gasteiger partial charge on any atom is -0.465 e. The number of methoxy groups -OCH3 is 1. The number of pyridine rings is 2. The summed E-state index contributed by atoms with van der Waals surface area (Å²) in [7, 11) is 1.63. The summed E-state index contributed by atoms with van der Waals surface area (Å²) in [5, 5.41) is 15.9. The lowest BCUT2D eigenvalue weighted by molar-refractivity contribution is 0.0933. The first kappa shape index (κ1) is 24.1. The topological polar surface area (TPSA) is 122 Å². The SMILES string of the molecule is CCn1ccc2cc(C(=O)N[C@H]3CCc4nc(N5C[C@@H](COC)[C@@H](NC(=O)O)C5)ccc4C3)cnc21. The van der Waals surface area contributed by atoms with Crippen LogP contribution in [0.3, 0.4) is 0 Å². The van der Waals surface area contributed by atoms with Gasteiger partial charge in [0, 0.05) is 62.2 Å². The molecule has 10 nitrogen and oxygen atoms in total. The largest absolute Gasteiger partial charge is 0.465 e. The maximum atomic E-state index is 12.9. The number of aryl methyl sites for hydroxylation is 2. The van der Waals surface area contributed by atoms with Crippen molar-refractivity contribution in [3.05, 3.63) is 53.5 Å². The highest BCUT2D eigenvalue weighted by molar-refractivity contribution is 5.97. The zero-order valence-electron chi connectivity index (χ0n) is 20.6. The minimum absolute atomic E-state index is 0.0376. The van der Waals surface area contributed by atoms with Gasteiger partial charge in [-0.25, -0.2) is 14.8 Å². The van der Waals surface area contributed by atoms with E-state index < -0.39 is 6.09 Å². The van der Waals surface area contributed by atoms with Crippen LogP contribution < -0.4 is 15.5 Å². The summed E-state index contributed by atoms with van der Waals surface area (Å²) in [4.78, 5) is 35.6. The number of fused-ring (bicyclic) bond motifs is 2. The maximum Gasteiger partial charge on any atom is 0.404 e. The Labute approximate surface area is 209 Å². The van der Waals surface area contributed by atoms with Gasteiger partial charge in [-0.1, -0.05) is 6.07 Å². The predicted molar refractivity (Wildman–Crippen MR) is 135 cm³/mol. The van der Waals surface area contributed by atoms with Crippen LogP contribution in [0.2, 0.25) is 0 Å². The number of carbonyl (C=O) groups excluding carboxylic acids is 1. The molecule has 1 saturated heterocycles. The molecule has 0 spiro atoms. The number of hydrogen-bond donors (Lipinski definition) is 3. The molecule has 0 saturated carbocycles. The van der Waals surface area contributed by atoms with Crippen molar-refractivity contribution in [3.63, 3.8) is 0 Å². The second-order valence-corrected chi connectivity index (χ2v) is 9.60. The molecule has 3 atom stereocenters. The first-order valence-electron chi connectivity index (χ1n) is 12.4. The van der Waals surface area contributed by atoms with E-state index >= 15 is 0 Å². The van der Waals surface area contributed by atoms with Gasteiger partial charge in [-0.2, -0.15) is 0 Å². The van der Waals surface area contributed by atoms with E-state index in [1.165, 1.54) is 0 Å². The molecule has 4 heterocycles. The molecule has 1 fully saturated rings. The number of amides is 2. The average molecular weight is 493 g/mol. The van der Waals surface area contributed by atoms with Gasteiger partial charge >= 0.3 is 6.09 Å². The number of rotatable bonds is 7. The lowest BCUT2D eigenvalue weighted by Gasteiger charge is -2.26. The Morgan fingerprint density at radius 3 is 2.86 bits per heavy atom.